The number of hydrogen-bond donors (Lipinski definition) is 0. The van der Waals surface area contributed by atoms with Crippen molar-refractivity contribution in [2.75, 3.05) is 25.1 Å². The van der Waals surface area contributed by atoms with Gasteiger partial charge in [-0.3, -0.25) is 4.79 Å². The summed E-state index contributed by atoms with van der Waals surface area (Å²) < 4.78 is 8.86. The van der Waals surface area contributed by atoms with Gasteiger partial charge in [-0.25, -0.2) is 9.97 Å². The summed E-state index contributed by atoms with van der Waals surface area (Å²) in [5, 5.41) is 4.40. The fourth-order valence-corrected chi connectivity index (χ4v) is 3.58. The van der Waals surface area contributed by atoms with Gasteiger partial charge in [0.2, 0.25) is 5.78 Å². The second kappa shape index (κ2) is 6.87. The van der Waals surface area contributed by atoms with Crippen molar-refractivity contribution >= 4 is 17.2 Å². The quantitative estimate of drug-likeness (QED) is 0.649. The van der Waals surface area contributed by atoms with Crippen LogP contribution in [0.3, 0.4) is 0 Å². The maximum Gasteiger partial charge on any atom is 0.203 e. The van der Waals surface area contributed by atoms with Crippen LogP contribution in [0.1, 0.15) is 29.2 Å². The van der Waals surface area contributed by atoms with Gasteiger partial charge >= 0.3 is 0 Å². The number of fused-ring (bicyclic) bond motifs is 1. The van der Waals surface area contributed by atoms with E-state index in [0.29, 0.717) is 19.0 Å². The molecular weight excluding hydrogens is 332 g/mol. The second-order valence-electron chi connectivity index (χ2n) is 6.65. The number of carbonyl (C=O) groups is 1. The summed E-state index contributed by atoms with van der Waals surface area (Å²) in [6.45, 7) is 1.98. The number of piperidine rings is 1. The number of imidazole rings is 1. The number of ketones is 1. The minimum Gasteiger partial charge on any atom is -0.378 e. The van der Waals surface area contributed by atoms with Crippen LogP contribution in [0.4, 0.5) is 5.82 Å². The van der Waals surface area contributed by atoms with Gasteiger partial charge in [-0.1, -0.05) is 0 Å². The summed E-state index contributed by atoms with van der Waals surface area (Å²) in [4.78, 5) is 23.9. The van der Waals surface area contributed by atoms with E-state index >= 15 is 0 Å². The highest BCUT2D eigenvalue weighted by Gasteiger charge is 2.30. The van der Waals surface area contributed by atoms with Gasteiger partial charge in [0.05, 0.1) is 18.5 Å². The van der Waals surface area contributed by atoms with Gasteiger partial charge < -0.3 is 14.2 Å². The number of Topliss-reactive ketones (excluding diaryl/α,β-unsaturated/α-hetero) is 1. The van der Waals surface area contributed by atoms with Crippen LogP contribution in [-0.2, 0) is 18.4 Å². The molecule has 0 saturated carbocycles. The number of ether oxygens (including phenoxy) is 1. The molecule has 0 bridgehead atoms. The summed E-state index contributed by atoms with van der Waals surface area (Å²) in [6, 6.07) is 3.88. The van der Waals surface area contributed by atoms with Gasteiger partial charge in [-0.15, -0.1) is 0 Å². The third-order valence-electron chi connectivity index (χ3n) is 4.84. The van der Waals surface area contributed by atoms with Crippen LogP contribution in [0.25, 0.3) is 5.65 Å². The van der Waals surface area contributed by atoms with Crippen molar-refractivity contribution in [3.8, 4) is 0 Å². The third kappa shape index (κ3) is 2.96. The van der Waals surface area contributed by atoms with E-state index in [-0.39, 0.29) is 11.7 Å². The van der Waals surface area contributed by atoms with Crippen LogP contribution >= 0.6 is 0 Å². The Hall–Kier alpha value is -2.74. The fraction of sp³-hybridized carbons (Fsp3) is 0.444. The maximum absolute atomic E-state index is 12.9. The van der Waals surface area contributed by atoms with Gasteiger partial charge in [-0.2, -0.15) is 9.61 Å². The number of methoxy groups -OCH3 is 1. The maximum atomic E-state index is 12.9. The molecule has 1 fully saturated rings. The SMILES string of the molecule is COCc1cc(N2CCC[C@H](C(=O)c3nccn3C)C2)n2nccc2n1. The van der Waals surface area contributed by atoms with Crippen molar-refractivity contribution in [2.45, 2.75) is 19.4 Å². The molecule has 0 N–H and O–H groups in total. The Balaban J connectivity index is 1.64. The zero-order valence-electron chi connectivity index (χ0n) is 15.0. The van der Waals surface area contributed by atoms with E-state index in [4.69, 9.17) is 4.74 Å². The molecule has 3 aromatic heterocycles. The van der Waals surface area contributed by atoms with Crippen molar-refractivity contribution < 1.29 is 9.53 Å². The number of carbonyl (C=O) groups excluding carboxylic acids is 1. The molecule has 1 atom stereocenters. The number of anilines is 1. The van der Waals surface area contributed by atoms with Crippen molar-refractivity contribution in [3.05, 3.63) is 42.2 Å². The van der Waals surface area contributed by atoms with Crippen molar-refractivity contribution in [1.82, 2.24) is 24.1 Å². The first-order valence-corrected chi connectivity index (χ1v) is 8.76. The summed E-state index contributed by atoms with van der Waals surface area (Å²) in [7, 11) is 3.51. The number of aromatic nitrogens is 5. The molecule has 1 aliphatic heterocycles. The van der Waals surface area contributed by atoms with Crippen molar-refractivity contribution in [2.24, 2.45) is 13.0 Å². The van der Waals surface area contributed by atoms with Gasteiger partial charge in [0, 0.05) is 57.7 Å². The zero-order valence-corrected chi connectivity index (χ0v) is 15.0. The Labute approximate surface area is 151 Å². The average molecular weight is 354 g/mol. The van der Waals surface area contributed by atoms with Gasteiger partial charge in [0.15, 0.2) is 11.5 Å². The molecule has 0 radical (unpaired) electrons. The second-order valence-corrected chi connectivity index (χ2v) is 6.65. The lowest BCUT2D eigenvalue weighted by molar-refractivity contribution is 0.0893. The Morgan fingerprint density at radius 2 is 2.27 bits per heavy atom. The Kier molecular flexibility index (Phi) is 4.42. The van der Waals surface area contributed by atoms with Crippen LogP contribution in [-0.4, -0.2) is 50.1 Å². The Morgan fingerprint density at radius 3 is 3.04 bits per heavy atom. The lowest BCUT2D eigenvalue weighted by atomic mass is 9.93. The van der Waals surface area contributed by atoms with Crippen LogP contribution in [0.15, 0.2) is 30.7 Å². The van der Waals surface area contributed by atoms with Crippen LogP contribution in [0, 0.1) is 5.92 Å². The van der Waals surface area contributed by atoms with E-state index in [9.17, 15) is 4.79 Å². The topological polar surface area (TPSA) is 77.5 Å². The molecule has 1 saturated heterocycles. The molecule has 136 valence electrons. The summed E-state index contributed by atoms with van der Waals surface area (Å²) in [5.74, 6) is 1.50. The molecule has 0 unspecified atom stereocenters. The van der Waals surface area contributed by atoms with E-state index < -0.39 is 0 Å². The largest absolute Gasteiger partial charge is 0.378 e. The molecule has 3 aromatic rings. The highest BCUT2D eigenvalue weighted by atomic mass is 16.5. The monoisotopic (exact) mass is 354 g/mol. The predicted molar refractivity (Wildman–Crippen MR) is 96.2 cm³/mol. The van der Waals surface area contributed by atoms with Crippen LogP contribution < -0.4 is 4.90 Å². The summed E-state index contributed by atoms with van der Waals surface area (Å²) in [6.07, 6.45) is 7.04. The number of nitrogens with zero attached hydrogens (tertiary/aromatic N) is 6. The van der Waals surface area contributed by atoms with Crippen molar-refractivity contribution in [3.63, 3.8) is 0 Å². The minimum atomic E-state index is -0.0745. The lowest BCUT2D eigenvalue weighted by Crippen LogP contribution is -2.40. The molecule has 0 aromatic carbocycles. The van der Waals surface area contributed by atoms with Gasteiger partial charge in [-0.05, 0) is 12.8 Å². The van der Waals surface area contributed by atoms with E-state index in [1.54, 1.807) is 30.3 Å². The summed E-state index contributed by atoms with van der Waals surface area (Å²) in [5.41, 5.74) is 1.64. The average Bonchev–Trinajstić information content (AvgIpc) is 3.29. The molecule has 8 nitrogen and oxygen atoms in total. The van der Waals surface area contributed by atoms with E-state index in [1.165, 1.54) is 0 Å². The molecule has 0 spiro atoms. The van der Waals surface area contributed by atoms with E-state index in [2.05, 4.69) is 20.0 Å². The third-order valence-corrected chi connectivity index (χ3v) is 4.84. The normalized spacial score (nSPS) is 17.8. The fourth-order valence-electron chi connectivity index (χ4n) is 3.58. The predicted octanol–water partition coefficient (Wildman–Crippen LogP) is 1.71. The molecule has 26 heavy (non-hydrogen) atoms. The number of rotatable bonds is 5. The molecule has 0 amide bonds. The van der Waals surface area contributed by atoms with Gasteiger partial charge in [0.25, 0.3) is 0 Å². The zero-order chi connectivity index (χ0) is 18.1. The number of aryl methyl sites for hydroxylation is 1. The van der Waals surface area contributed by atoms with Crippen LogP contribution in [0.2, 0.25) is 0 Å². The first kappa shape index (κ1) is 16.7. The first-order chi connectivity index (χ1) is 12.7. The molecule has 0 aliphatic carbocycles. The lowest BCUT2D eigenvalue weighted by Gasteiger charge is -2.33. The summed E-state index contributed by atoms with van der Waals surface area (Å²) >= 11 is 0. The van der Waals surface area contributed by atoms with E-state index in [0.717, 1.165) is 36.5 Å². The molecule has 4 heterocycles. The van der Waals surface area contributed by atoms with Crippen LogP contribution in [0.5, 0.6) is 0 Å². The number of hydrogen-bond acceptors (Lipinski definition) is 6. The minimum absolute atomic E-state index is 0.0745. The first-order valence-electron chi connectivity index (χ1n) is 8.76. The van der Waals surface area contributed by atoms with Crippen molar-refractivity contribution in [1.29, 1.82) is 0 Å². The molecule has 8 heteroatoms. The molecular formula is C18H22N6O2. The highest BCUT2D eigenvalue weighted by Crippen LogP contribution is 2.26. The highest BCUT2D eigenvalue weighted by molar-refractivity contribution is 5.95. The Bertz CT molecular complexity index is 931. The molecule has 4 rings (SSSR count). The Morgan fingerprint density at radius 1 is 1.38 bits per heavy atom. The van der Waals surface area contributed by atoms with E-state index in [1.807, 2.05) is 23.7 Å². The molecule has 1 aliphatic rings. The standard InChI is InChI=1S/C18H22N6O2/c1-22-9-7-19-18(22)17(25)13-4-3-8-23(11-13)16-10-14(12-26-2)21-15-5-6-20-24(15)16/h5-7,9-10,13H,3-4,8,11-12H2,1-2H3/t13-/m0/s1. The smallest absolute Gasteiger partial charge is 0.203 e. The van der Waals surface area contributed by atoms with Gasteiger partial charge in [0.1, 0.15) is 5.82 Å².